The van der Waals surface area contributed by atoms with Gasteiger partial charge >= 0.3 is 0 Å². The molecule has 0 amide bonds. The van der Waals surface area contributed by atoms with Crippen molar-refractivity contribution in [2.45, 2.75) is 18.8 Å². The van der Waals surface area contributed by atoms with Gasteiger partial charge in [0, 0.05) is 0 Å². The van der Waals surface area contributed by atoms with Crippen LogP contribution in [0.3, 0.4) is 0 Å². The van der Waals surface area contributed by atoms with E-state index >= 15 is 0 Å². The van der Waals surface area contributed by atoms with E-state index in [1.54, 1.807) is 12.1 Å². The number of hydrogen-bond acceptors (Lipinski definition) is 2. The Morgan fingerprint density at radius 3 is 2.20 bits per heavy atom. The fourth-order valence-corrected chi connectivity index (χ4v) is 2.09. The maximum atomic E-state index is 9.19. The van der Waals surface area contributed by atoms with E-state index in [2.05, 4.69) is 11.9 Å². The summed E-state index contributed by atoms with van der Waals surface area (Å²) in [6.07, 6.45) is 2.47. The molecular weight excluding hydrogens is 210 g/mol. The molecule has 2 rings (SSSR count). The lowest BCUT2D eigenvalue weighted by Crippen LogP contribution is -2.29. The maximum absolute atomic E-state index is 9.19. The van der Waals surface area contributed by atoms with Crippen LogP contribution in [0.5, 0.6) is 5.75 Å². The molecule has 0 radical (unpaired) electrons. The number of nitrogens with zero attached hydrogens (tertiary/aromatic N) is 1. The molecule has 0 unspecified atom stereocenters. The average molecular weight is 228 g/mol. The predicted molar refractivity (Wildman–Crippen MR) is 64.8 cm³/mol. The number of benzene rings is 1. The van der Waals surface area contributed by atoms with E-state index in [1.807, 2.05) is 12.1 Å². The van der Waals surface area contributed by atoms with Crippen molar-refractivity contribution in [1.29, 1.82) is 0 Å². The van der Waals surface area contributed by atoms with E-state index in [1.165, 1.54) is 31.5 Å². The van der Waals surface area contributed by atoms with Crippen LogP contribution in [0.1, 0.15) is 24.3 Å². The summed E-state index contributed by atoms with van der Waals surface area (Å²) in [5.74, 6) is 1.05. The van der Waals surface area contributed by atoms with Crippen molar-refractivity contribution in [3.63, 3.8) is 0 Å². The van der Waals surface area contributed by atoms with Gasteiger partial charge in [0.15, 0.2) is 0 Å². The Hall–Kier alpha value is -0.730. The maximum Gasteiger partial charge on any atom is 0.115 e. The summed E-state index contributed by atoms with van der Waals surface area (Å²) in [5.41, 5.74) is 1.37. The van der Waals surface area contributed by atoms with Crippen LogP contribution in [0, 0.1) is 0 Å². The Bertz CT molecular complexity index is 291. The van der Waals surface area contributed by atoms with Crippen LogP contribution in [0.15, 0.2) is 24.3 Å². The van der Waals surface area contributed by atoms with Gasteiger partial charge in [-0.1, -0.05) is 12.1 Å². The second-order valence-corrected chi connectivity index (χ2v) is 4.17. The minimum absolute atomic E-state index is 0. The fraction of sp³-hybridized carbons (Fsp3) is 0.500. The monoisotopic (exact) mass is 227 g/mol. The van der Waals surface area contributed by atoms with Crippen LogP contribution in [0.25, 0.3) is 0 Å². The molecule has 1 N–H and O–H groups in total. The predicted octanol–water partition coefficient (Wildman–Crippen LogP) is 2.62. The van der Waals surface area contributed by atoms with Crippen LogP contribution >= 0.6 is 12.4 Å². The molecule has 0 bridgehead atoms. The SMILES string of the molecule is CN1CCC(c2ccc(O)cc2)CC1.Cl. The highest BCUT2D eigenvalue weighted by Crippen LogP contribution is 2.28. The number of halogens is 1. The van der Waals surface area contributed by atoms with Gasteiger partial charge in [0.2, 0.25) is 0 Å². The van der Waals surface area contributed by atoms with Crippen LogP contribution in [-0.4, -0.2) is 30.1 Å². The molecule has 1 aromatic carbocycles. The zero-order valence-corrected chi connectivity index (χ0v) is 9.83. The third-order valence-corrected chi connectivity index (χ3v) is 3.08. The van der Waals surface area contributed by atoms with Crippen molar-refractivity contribution in [2.75, 3.05) is 20.1 Å². The normalized spacial score (nSPS) is 18.5. The van der Waals surface area contributed by atoms with Gasteiger partial charge in [-0.05, 0) is 56.6 Å². The van der Waals surface area contributed by atoms with Crippen molar-refractivity contribution in [3.05, 3.63) is 29.8 Å². The van der Waals surface area contributed by atoms with E-state index in [0.29, 0.717) is 11.7 Å². The number of phenolic OH excluding ortho intramolecular Hbond substituents is 1. The van der Waals surface area contributed by atoms with Crippen molar-refractivity contribution < 1.29 is 5.11 Å². The Morgan fingerprint density at radius 2 is 1.67 bits per heavy atom. The molecule has 0 spiro atoms. The molecular formula is C12H18ClNO. The third-order valence-electron chi connectivity index (χ3n) is 3.08. The highest BCUT2D eigenvalue weighted by atomic mass is 35.5. The van der Waals surface area contributed by atoms with E-state index in [4.69, 9.17) is 0 Å². The molecule has 2 nitrogen and oxygen atoms in total. The number of phenols is 1. The molecule has 15 heavy (non-hydrogen) atoms. The van der Waals surface area contributed by atoms with Crippen molar-refractivity contribution >= 4 is 12.4 Å². The number of aromatic hydroxyl groups is 1. The van der Waals surface area contributed by atoms with Gasteiger partial charge in [0.05, 0.1) is 0 Å². The van der Waals surface area contributed by atoms with Gasteiger partial charge in [-0.2, -0.15) is 0 Å². The molecule has 0 aromatic heterocycles. The molecule has 1 saturated heterocycles. The second kappa shape index (κ2) is 5.38. The standard InChI is InChI=1S/C12H17NO.ClH/c1-13-8-6-11(7-9-13)10-2-4-12(14)5-3-10;/h2-5,11,14H,6-9H2,1H3;1H. The molecule has 1 fully saturated rings. The van der Waals surface area contributed by atoms with E-state index in [-0.39, 0.29) is 12.4 Å². The molecule has 1 aliphatic heterocycles. The summed E-state index contributed by atoms with van der Waals surface area (Å²) in [5, 5.41) is 9.19. The molecule has 0 saturated carbocycles. The Labute approximate surface area is 97.3 Å². The number of piperidine rings is 1. The summed E-state index contributed by atoms with van der Waals surface area (Å²) >= 11 is 0. The first-order chi connectivity index (χ1) is 6.75. The molecule has 84 valence electrons. The lowest BCUT2D eigenvalue weighted by atomic mass is 9.90. The molecule has 1 aromatic rings. The lowest BCUT2D eigenvalue weighted by Gasteiger charge is -2.29. The van der Waals surface area contributed by atoms with Gasteiger partial charge in [0.1, 0.15) is 5.75 Å². The van der Waals surface area contributed by atoms with Crippen LogP contribution < -0.4 is 0 Å². The first-order valence-corrected chi connectivity index (χ1v) is 5.23. The van der Waals surface area contributed by atoms with Gasteiger partial charge in [0.25, 0.3) is 0 Å². The van der Waals surface area contributed by atoms with Crippen molar-refractivity contribution in [1.82, 2.24) is 4.90 Å². The first kappa shape index (κ1) is 12.3. The van der Waals surface area contributed by atoms with E-state index < -0.39 is 0 Å². The second-order valence-electron chi connectivity index (χ2n) is 4.17. The van der Waals surface area contributed by atoms with Gasteiger partial charge in [-0.3, -0.25) is 0 Å². The summed E-state index contributed by atoms with van der Waals surface area (Å²) in [6.45, 7) is 2.37. The Kier molecular flexibility index (Phi) is 4.43. The molecule has 0 aliphatic carbocycles. The molecule has 1 heterocycles. The summed E-state index contributed by atoms with van der Waals surface area (Å²) < 4.78 is 0. The van der Waals surface area contributed by atoms with Gasteiger partial charge in [-0.25, -0.2) is 0 Å². The number of likely N-dealkylation sites (tertiary alicyclic amines) is 1. The highest BCUT2D eigenvalue weighted by molar-refractivity contribution is 5.85. The largest absolute Gasteiger partial charge is 0.508 e. The zero-order valence-electron chi connectivity index (χ0n) is 9.02. The third kappa shape index (κ3) is 3.11. The number of hydrogen-bond donors (Lipinski definition) is 1. The Balaban J connectivity index is 0.00000112. The van der Waals surface area contributed by atoms with Crippen molar-refractivity contribution in [2.24, 2.45) is 0 Å². The topological polar surface area (TPSA) is 23.5 Å². The van der Waals surface area contributed by atoms with Crippen LogP contribution in [0.4, 0.5) is 0 Å². The van der Waals surface area contributed by atoms with Gasteiger partial charge < -0.3 is 10.0 Å². The molecule has 1 aliphatic rings. The quantitative estimate of drug-likeness (QED) is 0.798. The minimum Gasteiger partial charge on any atom is -0.508 e. The van der Waals surface area contributed by atoms with E-state index in [9.17, 15) is 5.11 Å². The smallest absolute Gasteiger partial charge is 0.115 e. The summed E-state index contributed by atoms with van der Waals surface area (Å²) in [6, 6.07) is 7.66. The van der Waals surface area contributed by atoms with E-state index in [0.717, 1.165) is 0 Å². The van der Waals surface area contributed by atoms with Crippen molar-refractivity contribution in [3.8, 4) is 5.75 Å². The Morgan fingerprint density at radius 1 is 1.13 bits per heavy atom. The average Bonchev–Trinajstić information content (AvgIpc) is 2.21. The lowest BCUT2D eigenvalue weighted by molar-refractivity contribution is 0.255. The van der Waals surface area contributed by atoms with Crippen LogP contribution in [0.2, 0.25) is 0 Å². The summed E-state index contributed by atoms with van der Waals surface area (Å²) in [7, 11) is 2.17. The first-order valence-electron chi connectivity index (χ1n) is 5.23. The summed E-state index contributed by atoms with van der Waals surface area (Å²) in [4.78, 5) is 2.37. The van der Waals surface area contributed by atoms with Gasteiger partial charge in [-0.15, -0.1) is 12.4 Å². The zero-order chi connectivity index (χ0) is 9.97. The number of rotatable bonds is 1. The highest BCUT2D eigenvalue weighted by Gasteiger charge is 2.17. The molecule has 3 heteroatoms. The van der Waals surface area contributed by atoms with Crippen LogP contribution in [-0.2, 0) is 0 Å². The fourth-order valence-electron chi connectivity index (χ4n) is 2.09. The minimum atomic E-state index is 0. The molecule has 0 atom stereocenters.